The molecule has 0 rings (SSSR count). The first kappa shape index (κ1) is 26.7. The summed E-state index contributed by atoms with van der Waals surface area (Å²) < 4.78 is 0. The minimum absolute atomic E-state index is 0.145. The maximum absolute atomic E-state index is 12.7. The molecule has 0 saturated carbocycles. The molecule has 0 fully saturated rings. The Morgan fingerprint density at radius 2 is 1.48 bits per heavy atom. The van der Waals surface area contributed by atoms with E-state index in [2.05, 4.69) is 28.6 Å². The van der Waals surface area contributed by atoms with Crippen molar-refractivity contribution in [2.24, 2.45) is 11.7 Å². The molecule has 166 valence electrons. The van der Waals surface area contributed by atoms with Gasteiger partial charge in [0.15, 0.2) is 0 Å². The van der Waals surface area contributed by atoms with Gasteiger partial charge in [-0.05, 0) is 19.3 Å². The quantitative estimate of drug-likeness (QED) is 0.174. The van der Waals surface area contributed by atoms with Gasteiger partial charge >= 0.3 is 11.9 Å². The van der Waals surface area contributed by atoms with Crippen molar-refractivity contribution in [3.05, 3.63) is 0 Å². The van der Waals surface area contributed by atoms with Crippen LogP contribution in [0, 0.1) is 5.92 Å². The Morgan fingerprint density at radius 3 is 1.90 bits per heavy atom. The standard InChI is InChI=1S/C17H30N4O7S/c1-4-8(2)13(16(26)20-11(7-29)17(27)28)21-15(25)10(5-6-12(22)23)19-14(24)9(3)18/h8-11,13,29H,4-7,18H2,1-3H3,(H,19,24)(H,20,26)(H,21,25)(H,22,23)(H,27,28). The van der Waals surface area contributed by atoms with E-state index in [0.717, 1.165) is 0 Å². The summed E-state index contributed by atoms with van der Waals surface area (Å²) in [7, 11) is 0. The largest absolute Gasteiger partial charge is 0.481 e. The molecule has 0 heterocycles. The number of carbonyl (C=O) groups excluding carboxylic acids is 3. The van der Waals surface area contributed by atoms with Crippen LogP contribution in [0.5, 0.6) is 0 Å². The predicted molar refractivity (Wildman–Crippen MR) is 107 cm³/mol. The summed E-state index contributed by atoms with van der Waals surface area (Å²) >= 11 is 3.88. The number of amides is 3. The van der Waals surface area contributed by atoms with Crippen LogP contribution in [0.2, 0.25) is 0 Å². The molecule has 0 aliphatic rings. The fraction of sp³-hybridized carbons (Fsp3) is 0.706. The number of rotatable bonds is 13. The van der Waals surface area contributed by atoms with Crippen molar-refractivity contribution in [2.45, 2.75) is 64.2 Å². The van der Waals surface area contributed by atoms with Crippen LogP contribution < -0.4 is 21.7 Å². The third-order valence-electron chi connectivity index (χ3n) is 4.28. The highest BCUT2D eigenvalue weighted by atomic mass is 32.1. The van der Waals surface area contributed by atoms with Crippen LogP contribution in [0.4, 0.5) is 0 Å². The molecule has 12 heteroatoms. The number of carboxylic acids is 2. The normalized spacial score (nSPS) is 15.9. The number of thiol groups is 1. The molecule has 29 heavy (non-hydrogen) atoms. The number of aliphatic carboxylic acids is 2. The lowest BCUT2D eigenvalue weighted by Crippen LogP contribution is -2.58. The van der Waals surface area contributed by atoms with Crippen LogP contribution in [0.15, 0.2) is 0 Å². The molecule has 0 aliphatic heterocycles. The molecule has 0 aromatic carbocycles. The van der Waals surface area contributed by atoms with Crippen molar-refractivity contribution in [2.75, 3.05) is 5.75 Å². The number of nitrogens with two attached hydrogens (primary N) is 1. The third kappa shape index (κ3) is 9.61. The van der Waals surface area contributed by atoms with Gasteiger partial charge < -0.3 is 31.9 Å². The zero-order valence-electron chi connectivity index (χ0n) is 16.7. The van der Waals surface area contributed by atoms with Gasteiger partial charge in [-0.25, -0.2) is 4.79 Å². The molecule has 0 bridgehead atoms. The van der Waals surface area contributed by atoms with Crippen molar-refractivity contribution >= 4 is 42.3 Å². The summed E-state index contributed by atoms with van der Waals surface area (Å²) in [5, 5.41) is 25.1. The number of carbonyl (C=O) groups is 5. The fourth-order valence-electron chi connectivity index (χ4n) is 2.24. The zero-order valence-corrected chi connectivity index (χ0v) is 17.6. The van der Waals surface area contributed by atoms with E-state index in [-0.39, 0.29) is 18.1 Å². The van der Waals surface area contributed by atoms with Gasteiger partial charge in [0.2, 0.25) is 17.7 Å². The molecular formula is C17H30N4O7S. The zero-order chi connectivity index (χ0) is 22.7. The second-order valence-electron chi connectivity index (χ2n) is 6.74. The van der Waals surface area contributed by atoms with Gasteiger partial charge in [0.25, 0.3) is 0 Å². The number of carboxylic acid groups (broad SMARTS) is 2. The van der Waals surface area contributed by atoms with Gasteiger partial charge in [0.05, 0.1) is 6.04 Å². The average Bonchev–Trinajstić information content (AvgIpc) is 2.65. The van der Waals surface area contributed by atoms with E-state index in [1.54, 1.807) is 13.8 Å². The summed E-state index contributed by atoms with van der Waals surface area (Å²) in [6.07, 6.45) is -0.107. The molecule has 0 aromatic rings. The Kier molecular flexibility index (Phi) is 11.9. The minimum atomic E-state index is -1.27. The van der Waals surface area contributed by atoms with Crippen LogP contribution >= 0.6 is 12.6 Å². The Hall–Kier alpha value is -2.34. The molecule has 0 spiro atoms. The lowest BCUT2D eigenvalue weighted by Gasteiger charge is -2.27. The second-order valence-corrected chi connectivity index (χ2v) is 7.10. The van der Waals surface area contributed by atoms with Crippen molar-refractivity contribution < 1.29 is 34.2 Å². The Balaban J connectivity index is 5.43. The SMILES string of the molecule is CCC(C)C(NC(=O)C(CCC(=O)O)NC(=O)C(C)N)C(=O)NC(CS)C(=O)O. The van der Waals surface area contributed by atoms with Gasteiger partial charge in [-0.1, -0.05) is 20.3 Å². The highest BCUT2D eigenvalue weighted by Gasteiger charge is 2.32. The van der Waals surface area contributed by atoms with E-state index < -0.39 is 60.2 Å². The minimum Gasteiger partial charge on any atom is -0.481 e. The molecule has 0 aliphatic carbocycles. The highest BCUT2D eigenvalue weighted by Crippen LogP contribution is 2.10. The summed E-state index contributed by atoms with van der Waals surface area (Å²) in [6, 6.07) is -4.47. The Morgan fingerprint density at radius 1 is 0.931 bits per heavy atom. The molecule has 0 radical (unpaired) electrons. The molecule has 5 unspecified atom stereocenters. The monoisotopic (exact) mass is 434 g/mol. The van der Waals surface area contributed by atoms with E-state index in [4.69, 9.17) is 15.9 Å². The maximum atomic E-state index is 12.7. The maximum Gasteiger partial charge on any atom is 0.327 e. The predicted octanol–water partition coefficient (Wildman–Crippen LogP) is -1.29. The second kappa shape index (κ2) is 13.0. The summed E-state index contributed by atoms with van der Waals surface area (Å²) in [4.78, 5) is 59.0. The lowest BCUT2D eigenvalue weighted by atomic mass is 9.97. The highest BCUT2D eigenvalue weighted by molar-refractivity contribution is 7.80. The molecule has 0 aromatic heterocycles. The third-order valence-corrected chi connectivity index (χ3v) is 4.65. The Bertz CT molecular complexity index is 615. The van der Waals surface area contributed by atoms with Crippen molar-refractivity contribution in [1.82, 2.24) is 16.0 Å². The lowest BCUT2D eigenvalue weighted by molar-refractivity contribution is -0.142. The van der Waals surface area contributed by atoms with E-state index in [1.807, 2.05) is 0 Å². The smallest absolute Gasteiger partial charge is 0.327 e. The first-order chi connectivity index (χ1) is 13.4. The topological polar surface area (TPSA) is 188 Å². The van der Waals surface area contributed by atoms with Crippen LogP contribution in [-0.2, 0) is 24.0 Å². The Labute approximate surface area is 174 Å². The number of hydrogen-bond donors (Lipinski definition) is 7. The van der Waals surface area contributed by atoms with Crippen LogP contribution in [0.25, 0.3) is 0 Å². The van der Waals surface area contributed by atoms with Gasteiger partial charge in [-0.2, -0.15) is 12.6 Å². The van der Waals surface area contributed by atoms with Crippen molar-refractivity contribution in [3.63, 3.8) is 0 Å². The van der Waals surface area contributed by atoms with E-state index in [0.29, 0.717) is 6.42 Å². The van der Waals surface area contributed by atoms with E-state index in [9.17, 15) is 24.0 Å². The van der Waals surface area contributed by atoms with Gasteiger partial charge in [-0.3, -0.25) is 19.2 Å². The summed E-state index contributed by atoms with van der Waals surface area (Å²) in [5.74, 6) is -5.08. The van der Waals surface area contributed by atoms with Crippen LogP contribution in [0.1, 0.15) is 40.0 Å². The van der Waals surface area contributed by atoms with E-state index >= 15 is 0 Å². The molecular weight excluding hydrogens is 404 g/mol. The average molecular weight is 435 g/mol. The van der Waals surface area contributed by atoms with E-state index in [1.165, 1.54) is 6.92 Å². The molecule has 11 nitrogen and oxygen atoms in total. The van der Waals surface area contributed by atoms with Gasteiger partial charge in [-0.15, -0.1) is 0 Å². The molecule has 7 N–H and O–H groups in total. The fourth-order valence-corrected chi connectivity index (χ4v) is 2.49. The first-order valence-electron chi connectivity index (χ1n) is 9.16. The summed E-state index contributed by atoms with van der Waals surface area (Å²) in [5.41, 5.74) is 5.47. The molecule has 5 atom stereocenters. The van der Waals surface area contributed by atoms with Crippen LogP contribution in [-0.4, -0.2) is 69.8 Å². The van der Waals surface area contributed by atoms with Gasteiger partial charge in [0, 0.05) is 12.2 Å². The summed E-state index contributed by atoms with van der Waals surface area (Å²) in [6.45, 7) is 4.87. The van der Waals surface area contributed by atoms with Crippen molar-refractivity contribution in [1.29, 1.82) is 0 Å². The first-order valence-corrected chi connectivity index (χ1v) is 9.79. The van der Waals surface area contributed by atoms with Gasteiger partial charge in [0.1, 0.15) is 18.1 Å². The molecule has 3 amide bonds. The van der Waals surface area contributed by atoms with Crippen LogP contribution in [0.3, 0.4) is 0 Å². The number of nitrogens with one attached hydrogen (secondary N) is 3. The number of hydrogen-bond acceptors (Lipinski definition) is 7. The molecule has 0 saturated heterocycles. The van der Waals surface area contributed by atoms with Crippen molar-refractivity contribution in [3.8, 4) is 0 Å².